The molecule has 1 amide bonds. The largest absolute Gasteiger partial charge is 0.397 e. The Morgan fingerprint density at radius 3 is 2.40 bits per heavy atom. The van der Waals surface area contributed by atoms with Crippen LogP contribution in [0, 0.1) is 5.92 Å². The van der Waals surface area contributed by atoms with E-state index >= 15 is 0 Å². The normalized spacial score (nSPS) is 17.3. The predicted octanol–water partition coefficient (Wildman–Crippen LogP) is 4.35. The summed E-state index contributed by atoms with van der Waals surface area (Å²) in [6.07, 6.45) is 8.19. The summed E-state index contributed by atoms with van der Waals surface area (Å²) in [5.41, 5.74) is 7.47. The summed E-state index contributed by atoms with van der Waals surface area (Å²) in [6.45, 7) is 0. The Balaban J connectivity index is 2.10. The maximum absolute atomic E-state index is 12.7. The molecule has 1 fully saturated rings. The molecule has 1 saturated carbocycles. The number of nitrogen functional groups attached to an aromatic ring is 1. The molecule has 3 nitrogen and oxygen atoms in total. The number of anilines is 2. The summed E-state index contributed by atoms with van der Waals surface area (Å²) >= 11 is 3.39. The van der Waals surface area contributed by atoms with E-state index in [1.807, 2.05) is 25.2 Å². The van der Waals surface area contributed by atoms with E-state index in [1.54, 1.807) is 4.90 Å². The van der Waals surface area contributed by atoms with Crippen molar-refractivity contribution in [1.82, 2.24) is 0 Å². The number of amides is 1. The van der Waals surface area contributed by atoms with Gasteiger partial charge in [-0.2, -0.15) is 0 Å². The highest BCUT2D eigenvalue weighted by Crippen LogP contribution is 2.29. The summed E-state index contributed by atoms with van der Waals surface area (Å²) in [4.78, 5) is 14.4. The summed E-state index contributed by atoms with van der Waals surface area (Å²) < 4.78 is 0.936. The Hall–Kier alpha value is -1.03. The molecule has 0 saturated heterocycles. The van der Waals surface area contributed by atoms with Crippen LogP contribution in [0.25, 0.3) is 0 Å². The minimum absolute atomic E-state index is 0.156. The molecule has 0 heterocycles. The van der Waals surface area contributed by atoms with Gasteiger partial charge < -0.3 is 10.6 Å². The minimum Gasteiger partial charge on any atom is -0.397 e. The van der Waals surface area contributed by atoms with Crippen LogP contribution < -0.4 is 10.6 Å². The molecule has 1 aromatic carbocycles. The summed E-state index contributed by atoms with van der Waals surface area (Å²) in [5, 5.41) is 0. The van der Waals surface area contributed by atoms with Crippen LogP contribution in [0.2, 0.25) is 0 Å². The van der Waals surface area contributed by atoms with Gasteiger partial charge in [-0.1, -0.05) is 48.0 Å². The lowest BCUT2D eigenvalue weighted by Crippen LogP contribution is -2.33. The topological polar surface area (TPSA) is 46.3 Å². The van der Waals surface area contributed by atoms with Crippen LogP contribution in [0.4, 0.5) is 11.4 Å². The van der Waals surface area contributed by atoms with Crippen molar-refractivity contribution in [1.29, 1.82) is 0 Å². The Bertz CT molecular complexity index is 468. The van der Waals surface area contributed by atoms with Crippen molar-refractivity contribution in [2.45, 2.75) is 44.9 Å². The van der Waals surface area contributed by atoms with Gasteiger partial charge in [0.25, 0.3) is 0 Å². The third kappa shape index (κ3) is 3.75. The second-order valence-corrected chi connectivity index (χ2v) is 6.56. The number of benzene rings is 1. The first-order valence-electron chi connectivity index (χ1n) is 7.42. The van der Waals surface area contributed by atoms with Gasteiger partial charge in [-0.15, -0.1) is 0 Å². The van der Waals surface area contributed by atoms with Crippen molar-refractivity contribution in [3.8, 4) is 0 Å². The van der Waals surface area contributed by atoms with Gasteiger partial charge in [-0.25, -0.2) is 0 Å². The molecule has 0 bridgehead atoms. The molecule has 0 atom stereocenters. The molecule has 0 unspecified atom stereocenters. The Morgan fingerprint density at radius 2 is 1.80 bits per heavy atom. The second kappa shape index (κ2) is 7.11. The molecule has 0 aliphatic heterocycles. The van der Waals surface area contributed by atoms with Gasteiger partial charge in [0.2, 0.25) is 5.91 Å². The minimum atomic E-state index is 0.156. The quantitative estimate of drug-likeness (QED) is 0.814. The second-order valence-electron chi connectivity index (χ2n) is 5.64. The summed E-state index contributed by atoms with van der Waals surface area (Å²) in [6, 6.07) is 5.67. The van der Waals surface area contributed by atoms with Gasteiger partial charge in [0, 0.05) is 17.4 Å². The number of hydrogen-bond donors (Lipinski definition) is 1. The molecule has 0 spiro atoms. The summed E-state index contributed by atoms with van der Waals surface area (Å²) in [7, 11) is 1.83. The lowest BCUT2D eigenvalue weighted by molar-refractivity contribution is -0.122. The maximum Gasteiger partial charge on any atom is 0.229 e. The molecule has 4 heteroatoms. The zero-order valence-electron chi connectivity index (χ0n) is 12.1. The monoisotopic (exact) mass is 338 g/mol. The first kappa shape index (κ1) is 15.4. The standard InChI is InChI=1S/C16H23BrN2O/c1-19(15-10-9-13(17)11-14(15)18)16(20)12-7-5-3-2-4-6-8-12/h9-12H,2-8,18H2,1H3. The van der Waals surface area contributed by atoms with Gasteiger partial charge in [0.05, 0.1) is 11.4 Å². The number of carbonyl (C=O) groups is 1. The average Bonchev–Trinajstić information content (AvgIpc) is 2.37. The summed E-state index contributed by atoms with van der Waals surface area (Å²) in [5.74, 6) is 0.365. The van der Waals surface area contributed by atoms with Crippen molar-refractivity contribution < 1.29 is 4.79 Å². The highest BCUT2D eigenvalue weighted by Gasteiger charge is 2.24. The van der Waals surface area contributed by atoms with Crippen LogP contribution in [0.5, 0.6) is 0 Å². The molecular weight excluding hydrogens is 316 g/mol. The van der Waals surface area contributed by atoms with Crippen molar-refractivity contribution in [2.75, 3.05) is 17.7 Å². The van der Waals surface area contributed by atoms with Gasteiger partial charge in [-0.05, 0) is 31.0 Å². The molecule has 1 aliphatic rings. The van der Waals surface area contributed by atoms with Crippen LogP contribution in [-0.4, -0.2) is 13.0 Å². The first-order chi connectivity index (χ1) is 9.59. The van der Waals surface area contributed by atoms with Crippen LogP contribution in [0.1, 0.15) is 44.9 Å². The Morgan fingerprint density at radius 1 is 1.20 bits per heavy atom. The van der Waals surface area contributed by atoms with E-state index in [9.17, 15) is 4.79 Å². The third-order valence-corrected chi connectivity index (χ3v) is 4.63. The van der Waals surface area contributed by atoms with Crippen molar-refractivity contribution >= 4 is 33.2 Å². The molecule has 1 aliphatic carbocycles. The molecular formula is C16H23BrN2O. The molecule has 1 aromatic rings. The maximum atomic E-state index is 12.7. The number of nitrogens with two attached hydrogens (primary N) is 1. The van der Waals surface area contributed by atoms with Crippen LogP contribution in [0.3, 0.4) is 0 Å². The van der Waals surface area contributed by atoms with Crippen molar-refractivity contribution in [3.05, 3.63) is 22.7 Å². The van der Waals surface area contributed by atoms with Crippen LogP contribution >= 0.6 is 15.9 Å². The predicted molar refractivity (Wildman–Crippen MR) is 87.8 cm³/mol. The van der Waals surface area contributed by atoms with E-state index in [1.165, 1.54) is 32.1 Å². The number of nitrogens with zero attached hydrogens (tertiary/aromatic N) is 1. The van der Waals surface area contributed by atoms with Gasteiger partial charge >= 0.3 is 0 Å². The Kier molecular flexibility index (Phi) is 5.46. The molecule has 0 aromatic heterocycles. The van der Waals surface area contributed by atoms with Gasteiger partial charge in [0.1, 0.15) is 0 Å². The number of hydrogen-bond acceptors (Lipinski definition) is 2. The molecule has 110 valence electrons. The number of carbonyl (C=O) groups excluding carboxylic acids is 1. The van der Waals surface area contributed by atoms with E-state index in [4.69, 9.17) is 5.73 Å². The van der Waals surface area contributed by atoms with E-state index in [0.717, 1.165) is 23.0 Å². The van der Waals surface area contributed by atoms with Gasteiger partial charge in [-0.3, -0.25) is 4.79 Å². The highest BCUT2D eigenvalue weighted by molar-refractivity contribution is 9.10. The van der Waals surface area contributed by atoms with Crippen molar-refractivity contribution in [3.63, 3.8) is 0 Å². The van der Waals surface area contributed by atoms with Gasteiger partial charge in [0.15, 0.2) is 0 Å². The van der Waals surface area contributed by atoms with Crippen molar-refractivity contribution in [2.24, 2.45) is 5.92 Å². The Labute approximate surface area is 129 Å². The number of rotatable bonds is 2. The number of halogens is 1. The highest BCUT2D eigenvalue weighted by atomic mass is 79.9. The molecule has 2 rings (SSSR count). The fraction of sp³-hybridized carbons (Fsp3) is 0.562. The molecule has 0 radical (unpaired) electrons. The third-order valence-electron chi connectivity index (χ3n) is 4.14. The lowest BCUT2D eigenvalue weighted by atomic mass is 9.90. The average molecular weight is 339 g/mol. The van der Waals surface area contributed by atoms with E-state index in [2.05, 4.69) is 15.9 Å². The molecule has 20 heavy (non-hydrogen) atoms. The van der Waals surface area contributed by atoms with E-state index in [-0.39, 0.29) is 11.8 Å². The van der Waals surface area contributed by atoms with Crippen LogP contribution in [0.15, 0.2) is 22.7 Å². The SMILES string of the molecule is CN(C(=O)C1CCCCCCC1)c1ccc(Br)cc1N. The molecule has 2 N–H and O–H groups in total. The van der Waals surface area contributed by atoms with E-state index in [0.29, 0.717) is 5.69 Å². The van der Waals surface area contributed by atoms with Crippen LogP contribution in [-0.2, 0) is 4.79 Å². The smallest absolute Gasteiger partial charge is 0.229 e. The fourth-order valence-electron chi connectivity index (χ4n) is 2.93. The zero-order chi connectivity index (χ0) is 14.5. The zero-order valence-corrected chi connectivity index (χ0v) is 13.7. The lowest BCUT2D eigenvalue weighted by Gasteiger charge is -2.26. The fourth-order valence-corrected chi connectivity index (χ4v) is 3.31. The first-order valence-corrected chi connectivity index (χ1v) is 8.21. The van der Waals surface area contributed by atoms with E-state index < -0.39 is 0 Å².